The van der Waals surface area contributed by atoms with Crippen LogP contribution in [0.5, 0.6) is 10.9 Å². The fourth-order valence-corrected chi connectivity index (χ4v) is 1.91. The monoisotopic (exact) mass is 195 g/mol. The molecular formula is C9H9NO2S. The Labute approximate surface area is 79.9 Å². The Bertz CT molecular complexity index is 422. The van der Waals surface area contributed by atoms with E-state index >= 15 is 0 Å². The first kappa shape index (κ1) is 8.31. The van der Waals surface area contributed by atoms with Crippen LogP contribution in [0.2, 0.25) is 0 Å². The molecule has 68 valence electrons. The second-order valence-corrected chi connectivity index (χ2v) is 3.51. The molecule has 4 heteroatoms. The Hall–Kier alpha value is -1.29. The summed E-state index contributed by atoms with van der Waals surface area (Å²) in [5.41, 5.74) is 0.947. The lowest BCUT2D eigenvalue weighted by Crippen LogP contribution is -1.80. The van der Waals surface area contributed by atoms with Crippen LogP contribution >= 0.6 is 11.3 Å². The summed E-state index contributed by atoms with van der Waals surface area (Å²) in [7, 11) is 3.27. The molecule has 0 saturated heterocycles. The summed E-state index contributed by atoms with van der Waals surface area (Å²) in [6.07, 6.45) is 0. The van der Waals surface area contributed by atoms with Crippen LogP contribution in [0.1, 0.15) is 0 Å². The van der Waals surface area contributed by atoms with Gasteiger partial charge in [0.2, 0.25) is 0 Å². The highest BCUT2D eigenvalue weighted by Gasteiger charge is 2.03. The number of rotatable bonds is 2. The van der Waals surface area contributed by atoms with E-state index < -0.39 is 0 Å². The van der Waals surface area contributed by atoms with Crippen molar-refractivity contribution in [2.24, 2.45) is 0 Å². The fourth-order valence-electron chi connectivity index (χ4n) is 1.10. The van der Waals surface area contributed by atoms with Gasteiger partial charge in [-0.25, -0.2) is 4.98 Å². The van der Waals surface area contributed by atoms with Crippen LogP contribution < -0.4 is 9.47 Å². The van der Waals surface area contributed by atoms with Crippen molar-refractivity contribution in [2.45, 2.75) is 0 Å². The van der Waals surface area contributed by atoms with E-state index in [1.54, 1.807) is 14.2 Å². The molecule has 2 rings (SSSR count). The van der Waals surface area contributed by atoms with Crippen molar-refractivity contribution in [2.75, 3.05) is 14.2 Å². The van der Waals surface area contributed by atoms with Crippen molar-refractivity contribution in [1.82, 2.24) is 4.98 Å². The maximum Gasteiger partial charge on any atom is 0.274 e. The van der Waals surface area contributed by atoms with Crippen molar-refractivity contribution in [3.8, 4) is 10.9 Å². The molecule has 1 aromatic carbocycles. The van der Waals surface area contributed by atoms with Gasteiger partial charge in [0.15, 0.2) is 0 Å². The van der Waals surface area contributed by atoms with Gasteiger partial charge < -0.3 is 9.47 Å². The molecule has 0 fully saturated rings. The highest BCUT2D eigenvalue weighted by Crippen LogP contribution is 2.29. The zero-order chi connectivity index (χ0) is 9.26. The summed E-state index contributed by atoms with van der Waals surface area (Å²) in [5, 5.41) is 0.684. The van der Waals surface area contributed by atoms with Gasteiger partial charge in [0, 0.05) is 0 Å². The summed E-state index contributed by atoms with van der Waals surface area (Å²) >= 11 is 1.51. The van der Waals surface area contributed by atoms with Crippen molar-refractivity contribution in [3.63, 3.8) is 0 Å². The van der Waals surface area contributed by atoms with E-state index in [0.29, 0.717) is 5.19 Å². The summed E-state index contributed by atoms with van der Waals surface area (Å²) in [6, 6.07) is 5.77. The van der Waals surface area contributed by atoms with E-state index in [9.17, 15) is 0 Å². The van der Waals surface area contributed by atoms with Gasteiger partial charge in [-0.2, -0.15) is 0 Å². The molecule has 0 bridgehead atoms. The number of ether oxygens (including phenoxy) is 2. The van der Waals surface area contributed by atoms with Gasteiger partial charge in [-0.1, -0.05) is 11.3 Å². The minimum Gasteiger partial charge on any atom is -0.497 e. The third-order valence-electron chi connectivity index (χ3n) is 1.75. The smallest absolute Gasteiger partial charge is 0.274 e. The van der Waals surface area contributed by atoms with Gasteiger partial charge in [-0.05, 0) is 18.2 Å². The summed E-state index contributed by atoms with van der Waals surface area (Å²) in [5.74, 6) is 0.846. The Morgan fingerprint density at radius 1 is 1.23 bits per heavy atom. The maximum atomic E-state index is 5.10. The number of thiazole rings is 1. The molecule has 0 aliphatic heterocycles. The van der Waals surface area contributed by atoms with Crippen molar-refractivity contribution < 1.29 is 9.47 Å². The topological polar surface area (TPSA) is 31.4 Å². The molecule has 0 atom stereocenters. The highest BCUT2D eigenvalue weighted by atomic mass is 32.1. The highest BCUT2D eigenvalue weighted by molar-refractivity contribution is 7.20. The van der Waals surface area contributed by atoms with Crippen LogP contribution in [-0.2, 0) is 0 Å². The standard InChI is InChI=1S/C9H9NO2S/c1-11-6-3-4-7-8(5-6)13-9(10-7)12-2/h3-5H,1-2H3. The number of methoxy groups -OCH3 is 2. The number of benzene rings is 1. The normalized spacial score (nSPS) is 10.3. The number of fused-ring (bicyclic) bond motifs is 1. The van der Waals surface area contributed by atoms with Crippen LogP contribution in [0, 0.1) is 0 Å². The van der Waals surface area contributed by atoms with Crippen LogP contribution in [0.15, 0.2) is 18.2 Å². The lowest BCUT2D eigenvalue weighted by atomic mass is 10.3. The van der Waals surface area contributed by atoms with Gasteiger partial charge in [0.25, 0.3) is 5.19 Å². The minimum absolute atomic E-state index is 0.684. The molecule has 3 nitrogen and oxygen atoms in total. The van der Waals surface area contributed by atoms with E-state index in [1.807, 2.05) is 18.2 Å². The first-order chi connectivity index (χ1) is 6.33. The van der Waals surface area contributed by atoms with Gasteiger partial charge in [-0.15, -0.1) is 0 Å². The Balaban J connectivity index is 2.57. The SMILES string of the molecule is COc1ccc2nc(OC)sc2c1. The molecule has 2 aromatic rings. The molecule has 13 heavy (non-hydrogen) atoms. The molecule has 1 heterocycles. The Morgan fingerprint density at radius 2 is 2.08 bits per heavy atom. The van der Waals surface area contributed by atoms with Crippen LogP contribution in [-0.4, -0.2) is 19.2 Å². The average molecular weight is 195 g/mol. The number of hydrogen-bond acceptors (Lipinski definition) is 4. The van der Waals surface area contributed by atoms with Crippen LogP contribution in [0.4, 0.5) is 0 Å². The predicted octanol–water partition coefficient (Wildman–Crippen LogP) is 2.31. The van der Waals surface area contributed by atoms with E-state index in [1.165, 1.54) is 11.3 Å². The zero-order valence-electron chi connectivity index (χ0n) is 7.40. The Kier molecular flexibility index (Phi) is 2.06. The van der Waals surface area contributed by atoms with Crippen LogP contribution in [0.3, 0.4) is 0 Å². The first-order valence-electron chi connectivity index (χ1n) is 3.82. The number of hydrogen-bond donors (Lipinski definition) is 0. The quantitative estimate of drug-likeness (QED) is 0.736. The molecule has 0 saturated carbocycles. The van der Waals surface area contributed by atoms with Crippen LogP contribution in [0.25, 0.3) is 10.2 Å². The fraction of sp³-hybridized carbons (Fsp3) is 0.222. The molecule has 1 aromatic heterocycles. The summed E-state index contributed by atoms with van der Waals surface area (Å²) in [6.45, 7) is 0. The molecule has 0 unspecified atom stereocenters. The zero-order valence-corrected chi connectivity index (χ0v) is 8.22. The van der Waals surface area contributed by atoms with E-state index in [-0.39, 0.29) is 0 Å². The van der Waals surface area contributed by atoms with Crippen molar-refractivity contribution in [3.05, 3.63) is 18.2 Å². The van der Waals surface area contributed by atoms with E-state index in [2.05, 4.69) is 4.98 Å². The molecule has 0 N–H and O–H groups in total. The molecule has 0 radical (unpaired) electrons. The van der Waals surface area contributed by atoms with Crippen molar-refractivity contribution >= 4 is 21.6 Å². The van der Waals surface area contributed by atoms with Gasteiger partial charge in [-0.3, -0.25) is 0 Å². The molecule has 0 aliphatic carbocycles. The summed E-state index contributed by atoms with van der Waals surface area (Å²) < 4.78 is 11.2. The maximum absolute atomic E-state index is 5.10. The second-order valence-electron chi connectivity index (χ2n) is 2.52. The Morgan fingerprint density at radius 3 is 2.77 bits per heavy atom. The van der Waals surface area contributed by atoms with Gasteiger partial charge >= 0.3 is 0 Å². The van der Waals surface area contributed by atoms with Crippen molar-refractivity contribution in [1.29, 1.82) is 0 Å². The molecule has 0 aliphatic rings. The van der Waals surface area contributed by atoms with E-state index in [4.69, 9.17) is 9.47 Å². The van der Waals surface area contributed by atoms with E-state index in [0.717, 1.165) is 16.0 Å². The third-order valence-corrected chi connectivity index (χ3v) is 2.73. The van der Waals surface area contributed by atoms with Gasteiger partial charge in [0.05, 0.1) is 24.4 Å². The number of aromatic nitrogens is 1. The molecular weight excluding hydrogens is 186 g/mol. The lowest BCUT2D eigenvalue weighted by molar-refractivity contribution is 0.413. The van der Waals surface area contributed by atoms with Gasteiger partial charge in [0.1, 0.15) is 5.75 Å². The summed E-state index contributed by atoms with van der Waals surface area (Å²) in [4.78, 5) is 4.25. The predicted molar refractivity (Wildman–Crippen MR) is 52.7 cm³/mol. The molecule has 0 spiro atoms. The third kappa shape index (κ3) is 1.45. The molecule has 0 amide bonds. The second kappa shape index (κ2) is 3.22. The first-order valence-corrected chi connectivity index (χ1v) is 4.63. The minimum atomic E-state index is 0.684. The largest absolute Gasteiger partial charge is 0.497 e. The average Bonchev–Trinajstić information content (AvgIpc) is 2.58. The number of nitrogens with zero attached hydrogens (tertiary/aromatic N) is 1. The lowest BCUT2D eigenvalue weighted by Gasteiger charge is -1.96.